The van der Waals surface area contributed by atoms with E-state index in [4.69, 9.17) is 4.74 Å². The second-order valence-corrected chi connectivity index (χ2v) is 4.23. The molecule has 4 heteroatoms. The molecule has 86 valence electrons. The summed E-state index contributed by atoms with van der Waals surface area (Å²) in [5.74, 6) is -0.435. The molecule has 0 heterocycles. The molecule has 0 saturated carbocycles. The number of ether oxygens (including phenoxy) is 1. The summed E-state index contributed by atoms with van der Waals surface area (Å²) >= 11 is 0. The number of carbonyl (C=O) groups is 2. The molecule has 1 N–H and O–H groups in total. The molecule has 0 aliphatic heterocycles. The Hall–Kier alpha value is -1.32. The van der Waals surface area contributed by atoms with Crippen LogP contribution in [0.4, 0.5) is 0 Å². The van der Waals surface area contributed by atoms with E-state index in [2.05, 4.69) is 11.9 Å². The van der Waals surface area contributed by atoms with Crippen LogP contribution in [0, 0.1) is 5.41 Å². The lowest BCUT2D eigenvalue weighted by atomic mass is 9.97. The van der Waals surface area contributed by atoms with Crippen LogP contribution in [0.15, 0.2) is 12.7 Å². The number of amides is 1. The van der Waals surface area contributed by atoms with E-state index in [0.717, 1.165) is 0 Å². The first-order chi connectivity index (χ1) is 6.88. The Bertz CT molecular complexity index is 241. The summed E-state index contributed by atoms with van der Waals surface area (Å²) in [4.78, 5) is 22.0. The molecule has 0 aromatic carbocycles. The van der Waals surface area contributed by atoms with E-state index in [1.165, 1.54) is 6.08 Å². The third-order valence-electron chi connectivity index (χ3n) is 1.65. The highest BCUT2D eigenvalue weighted by atomic mass is 16.5. The molecule has 0 aromatic rings. The number of carbonyl (C=O) groups excluding carboxylic acids is 2. The molecule has 0 aromatic heterocycles. The Balaban J connectivity index is 3.52. The van der Waals surface area contributed by atoms with Crippen molar-refractivity contribution in [2.45, 2.75) is 27.2 Å². The largest absolute Gasteiger partial charge is 0.465 e. The van der Waals surface area contributed by atoms with Crippen molar-refractivity contribution < 1.29 is 14.3 Å². The van der Waals surface area contributed by atoms with Crippen LogP contribution in [0.3, 0.4) is 0 Å². The maximum absolute atomic E-state index is 11.3. The van der Waals surface area contributed by atoms with Gasteiger partial charge in [0.2, 0.25) is 5.91 Å². The molecule has 0 saturated heterocycles. The zero-order chi connectivity index (χ0) is 11.9. The maximum Gasteiger partial charge on any atom is 0.311 e. The first kappa shape index (κ1) is 13.7. The zero-order valence-corrected chi connectivity index (χ0v) is 9.63. The summed E-state index contributed by atoms with van der Waals surface area (Å²) in [6.07, 6.45) is 1.82. The molecule has 0 rings (SSSR count). The van der Waals surface area contributed by atoms with Gasteiger partial charge in [0, 0.05) is 6.54 Å². The molecule has 4 nitrogen and oxygen atoms in total. The molecule has 0 fully saturated rings. The Morgan fingerprint density at radius 2 is 2.00 bits per heavy atom. The normalized spacial score (nSPS) is 10.6. The predicted octanol–water partition coefficient (Wildman–Crippen LogP) is 1.27. The number of hydrogen-bond acceptors (Lipinski definition) is 3. The Morgan fingerprint density at radius 3 is 2.47 bits per heavy atom. The molecule has 0 spiro atoms. The van der Waals surface area contributed by atoms with Crippen molar-refractivity contribution >= 4 is 11.9 Å². The summed E-state index contributed by atoms with van der Waals surface area (Å²) in [7, 11) is 0. The van der Waals surface area contributed by atoms with Crippen LogP contribution in [0.2, 0.25) is 0 Å². The van der Waals surface area contributed by atoms with Crippen molar-refractivity contribution in [1.29, 1.82) is 0 Å². The van der Waals surface area contributed by atoms with Gasteiger partial charge in [-0.25, -0.2) is 0 Å². The van der Waals surface area contributed by atoms with E-state index in [1.807, 2.05) is 0 Å². The average Bonchev–Trinajstić information content (AvgIpc) is 2.15. The van der Waals surface area contributed by atoms with Crippen molar-refractivity contribution in [2.75, 3.05) is 13.2 Å². The lowest BCUT2D eigenvalue weighted by Gasteiger charge is -2.16. The van der Waals surface area contributed by atoms with Crippen LogP contribution in [0.25, 0.3) is 0 Å². The van der Waals surface area contributed by atoms with Gasteiger partial charge in [0.15, 0.2) is 0 Å². The fraction of sp³-hybridized carbons (Fsp3) is 0.636. The number of rotatable bonds is 5. The van der Waals surface area contributed by atoms with E-state index < -0.39 is 5.41 Å². The minimum absolute atomic E-state index is 0.211. The molecule has 0 aliphatic carbocycles. The topological polar surface area (TPSA) is 55.4 Å². The zero-order valence-electron chi connectivity index (χ0n) is 9.63. The van der Waals surface area contributed by atoms with Gasteiger partial charge < -0.3 is 10.1 Å². The van der Waals surface area contributed by atoms with Crippen LogP contribution in [-0.2, 0) is 14.3 Å². The summed E-state index contributed by atoms with van der Waals surface area (Å²) in [5.41, 5.74) is -0.468. The molecule has 0 radical (unpaired) electrons. The summed E-state index contributed by atoms with van der Waals surface area (Å²) in [5, 5.41) is 2.60. The van der Waals surface area contributed by atoms with Gasteiger partial charge in [-0.2, -0.15) is 0 Å². The van der Waals surface area contributed by atoms with Crippen molar-refractivity contribution in [3.05, 3.63) is 12.7 Å². The van der Waals surface area contributed by atoms with Crippen LogP contribution < -0.4 is 5.32 Å². The molecule has 0 aliphatic rings. The molecule has 0 unspecified atom stereocenters. The first-order valence-corrected chi connectivity index (χ1v) is 4.95. The maximum atomic E-state index is 11.3. The first-order valence-electron chi connectivity index (χ1n) is 4.95. The lowest BCUT2D eigenvalue weighted by molar-refractivity contribution is -0.152. The highest BCUT2D eigenvalue weighted by Gasteiger charge is 2.22. The van der Waals surface area contributed by atoms with Gasteiger partial charge in [0.25, 0.3) is 0 Å². The number of esters is 1. The van der Waals surface area contributed by atoms with Crippen molar-refractivity contribution in [2.24, 2.45) is 5.41 Å². The Morgan fingerprint density at radius 1 is 1.40 bits per heavy atom. The summed E-state index contributed by atoms with van der Waals surface area (Å²) < 4.78 is 5.01. The molecular formula is C11H19NO3. The second kappa shape index (κ2) is 6.22. The summed E-state index contributed by atoms with van der Waals surface area (Å²) in [6, 6.07) is 0. The van der Waals surface area contributed by atoms with E-state index in [0.29, 0.717) is 19.6 Å². The summed E-state index contributed by atoms with van der Waals surface area (Å²) in [6.45, 7) is 9.54. The molecule has 15 heavy (non-hydrogen) atoms. The fourth-order valence-corrected chi connectivity index (χ4v) is 0.737. The van der Waals surface area contributed by atoms with Crippen LogP contribution in [0.1, 0.15) is 27.2 Å². The molecule has 1 amide bonds. The minimum Gasteiger partial charge on any atom is -0.465 e. The Kier molecular flexibility index (Phi) is 5.67. The average molecular weight is 213 g/mol. The number of nitrogens with one attached hydrogen (secondary N) is 1. The van der Waals surface area contributed by atoms with E-state index >= 15 is 0 Å². The molecule has 0 bridgehead atoms. The van der Waals surface area contributed by atoms with Gasteiger partial charge in [-0.3, -0.25) is 9.59 Å². The van der Waals surface area contributed by atoms with E-state index in [-0.39, 0.29) is 11.9 Å². The molecular weight excluding hydrogens is 194 g/mol. The van der Waals surface area contributed by atoms with E-state index in [1.54, 1.807) is 20.8 Å². The fourth-order valence-electron chi connectivity index (χ4n) is 0.737. The van der Waals surface area contributed by atoms with E-state index in [9.17, 15) is 9.59 Å². The van der Waals surface area contributed by atoms with Gasteiger partial charge in [-0.15, -0.1) is 0 Å². The van der Waals surface area contributed by atoms with Crippen LogP contribution in [0.5, 0.6) is 0 Å². The third kappa shape index (κ3) is 6.71. The smallest absolute Gasteiger partial charge is 0.311 e. The second-order valence-electron chi connectivity index (χ2n) is 4.23. The minimum atomic E-state index is -0.468. The van der Waals surface area contributed by atoms with Crippen LogP contribution >= 0.6 is 0 Å². The SMILES string of the molecule is C=CC(=O)NCCCOC(=O)C(C)(C)C. The lowest BCUT2D eigenvalue weighted by Crippen LogP contribution is -2.26. The van der Waals surface area contributed by atoms with Crippen molar-refractivity contribution in [3.63, 3.8) is 0 Å². The van der Waals surface area contributed by atoms with Crippen LogP contribution in [-0.4, -0.2) is 25.0 Å². The van der Waals surface area contributed by atoms with Crippen molar-refractivity contribution in [1.82, 2.24) is 5.32 Å². The number of hydrogen-bond donors (Lipinski definition) is 1. The molecule has 0 atom stereocenters. The third-order valence-corrected chi connectivity index (χ3v) is 1.65. The highest BCUT2D eigenvalue weighted by molar-refractivity contribution is 5.86. The predicted molar refractivity (Wildman–Crippen MR) is 58.2 cm³/mol. The Labute approximate surface area is 90.7 Å². The quantitative estimate of drug-likeness (QED) is 0.425. The highest BCUT2D eigenvalue weighted by Crippen LogP contribution is 2.14. The van der Waals surface area contributed by atoms with Crippen molar-refractivity contribution in [3.8, 4) is 0 Å². The van der Waals surface area contributed by atoms with Gasteiger partial charge in [-0.05, 0) is 33.3 Å². The standard InChI is InChI=1S/C11H19NO3/c1-5-9(13)12-7-6-8-15-10(14)11(2,3)4/h5H,1,6-8H2,2-4H3,(H,12,13). The van der Waals surface area contributed by atoms with Gasteiger partial charge >= 0.3 is 5.97 Å². The van der Waals surface area contributed by atoms with Gasteiger partial charge in [-0.1, -0.05) is 6.58 Å². The van der Waals surface area contributed by atoms with Gasteiger partial charge in [0.05, 0.1) is 12.0 Å². The monoisotopic (exact) mass is 213 g/mol. The van der Waals surface area contributed by atoms with Gasteiger partial charge in [0.1, 0.15) is 0 Å².